The number of hydrogen-bond acceptors (Lipinski definition) is 3. The van der Waals surface area contributed by atoms with Crippen molar-refractivity contribution in [2.45, 2.75) is 27.4 Å². The van der Waals surface area contributed by atoms with E-state index in [0.717, 1.165) is 28.2 Å². The van der Waals surface area contributed by atoms with Crippen molar-refractivity contribution < 1.29 is 9.53 Å². The van der Waals surface area contributed by atoms with Gasteiger partial charge in [0.1, 0.15) is 12.4 Å². The molecule has 3 heteroatoms. The highest BCUT2D eigenvalue weighted by Gasteiger charge is 2.08. The molecule has 2 aromatic carbocycles. The lowest BCUT2D eigenvalue weighted by Gasteiger charge is -2.11. The van der Waals surface area contributed by atoms with E-state index in [4.69, 9.17) is 4.74 Å². The van der Waals surface area contributed by atoms with Crippen LogP contribution in [0.5, 0.6) is 5.75 Å². The zero-order valence-corrected chi connectivity index (χ0v) is 14.2. The van der Waals surface area contributed by atoms with Gasteiger partial charge in [-0.15, -0.1) is 0 Å². The lowest BCUT2D eigenvalue weighted by Crippen LogP contribution is -2.04. The maximum atomic E-state index is 12.0. The highest BCUT2D eigenvalue weighted by molar-refractivity contribution is 7.99. The van der Waals surface area contributed by atoms with Crippen molar-refractivity contribution in [3.8, 4) is 5.75 Å². The minimum Gasteiger partial charge on any atom is -0.489 e. The van der Waals surface area contributed by atoms with Crippen LogP contribution in [-0.4, -0.2) is 17.3 Å². The van der Waals surface area contributed by atoms with Crippen molar-refractivity contribution in [2.75, 3.05) is 11.5 Å². The fraction of sp³-hybridized carbons (Fsp3) is 0.316. The lowest BCUT2D eigenvalue weighted by atomic mass is 10.1. The molecule has 0 unspecified atom stereocenters. The number of thioether (sulfide) groups is 1. The Labute approximate surface area is 136 Å². The summed E-state index contributed by atoms with van der Waals surface area (Å²) in [5.41, 5.74) is 4.15. The molecule has 22 heavy (non-hydrogen) atoms. The van der Waals surface area contributed by atoms with Crippen LogP contribution >= 0.6 is 11.8 Å². The minimum atomic E-state index is 0.181. The van der Waals surface area contributed by atoms with Crippen LogP contribution in [0.4, 0.5) is 0 Å². The standard InChI is InChI=1S/C19H22O2S/c1-4-22-13-18(20)17-9-10-19(15(3)11-17)21-12-16-7-5-14(2)6-8-16/h5-11H,4,12-13H2,1-3H3. The van der Waals surface area contributed by atoms with Crippen LogP contribution in [0.25, 0.3) is 0 Å². The summed E-state index contributed by atoms with van der Waals surface area (Å²) in [7, 11) is 0. The quantitative estimate of drug-likeness (QED) is 0.685. The van der Waals surface area contributed by atoms with Gasteiger partial charge in [0.25, 0.3) is 0 Å². The molecule has 0 aliphatic rings. The lowest BCUT2D eigenvalue weighted by molar-refractivity contribution is 0.102. The summed E-state index contributed by atoms with van der Waals surface area (Å²) in [6, 6.07) is 14.0. The van der Waals surface area contributed by atoms with E-state index < -0.39 is 0 Å². The first-order valence-electron chi connectivity index (χ1n) is 7.50. The maximum absolute atomic E-state index is 12.0. The second kappa shape index (κ2) is 8.04. The molecule has 0 saturated carbocycles. The number of aryl methyl sites for hydroxylation is 2. The number of rotatable bonds is 7. The van der Waals surface area contributed by atoms with Crippen LogP contribution in [0.15, 0.2) is 42.5 Å². The SMILES string of the molecule is CCSCC(=O)c1ccc(OCc2ccc(C)cc2)c(C)c1. The molecule has 116 valence electrons. The van der Waals surface area contributed by atoms with Crippen molar-refractivity contribution >= 4 is 17.5 Å². The predicted octanol–water partition coefficient (Wildman–Crippen LogP) is 4.82. The first-order valence-corrected chi connectivity index (χ1v) is 8.65. The smallest absolute Gasteiger partial charge is 0.172 e. The van der Waals surface area contributed by atoms with E-state index >= 15 is 0 Å². The number of hydrogen-bond donors (Lipinski definition) is 0. The van der Waals surface area contributed by atoms with Gasteiger partial charge < -0.3 is 4.74 Å². The summed E-state index contributed by atoms with van der Waals surface area (Å²) < 4.78 is 5.86. The molecule has 0 fully saturated rings. The molecule has 0 radical (unpaired) electrons. The van der Waals surface area contributed by atoms with E-state index in [9.17, 15) is 4.79 Å². The molecule has 2 aromatic rings. The van der Waals surface area contributed by atoms with E-state index in [-0.39, 0.29) is 5.78 Å². The molecule has 0 N–H and O–H groups in total. The van der Waals surface area contributed by atoms with Crippen LogP contribution in [0.3, 0.4) is 0 Å². The van der Waals surface area contributed by atoms with E-state index in [0.29, 0.717) is 12.4 Å². The molecule has 0 amide bonds. The predicted molar refractivity (Wildman–Crippen MR) is 94.0 cm³/mol. The van der Waals surface area contributed by atoms with Crippen molar-refractivity contribution in [1.29, 1.82) is 0 Å². The van der Waals surface area contributed by atoms with E-state index in [1.807, 2.05) is 25.1 Å². The normalized spacial score (nSPS) is 10.5. The van der Waals surface area contributed by atoms with E-state index in [2.05, 4.69) is 38.1 Å². The maximum Gasteiger partial charge on any atom is 0.172 e. The van der Waals surface area contributed by atoms with Crippen LogP contribution in [0.2, 0.25) is 0 Å². The third-order valence-corrected chi connectivity index (χ3v) is 4.32. The number of carbonyl (C=O) groups excluding carboxylic acids is 1. The number of carbonyl (C=O) groups is 1. The minimum absolute atomic E-state index is 0.181. The third-order valence-electron chi connectivity index (χ3n) is 3.45. The average Bonchev–Trinajstić information content (AvgIpc) is 2.53. The molecule has 0 atom stereocenters. The molecule has 0 aliphatic carbocycles. The molecular formula is C19H22O2S. The second-order valence-corrected chi connectivity index (χ2v) is 6.59. The highest BCUT2D eigenvalue weighted by atomic mass is 32.2. The highest BCUT2D eigenvalue weighted by Crippen LogP contribution is 2.21. The first-order chi connectivity index (χ1) is 10.6. The van der Waals surface area contributed by atoms with Crippen LogP contribution in [-0.2, 0) is 6.61 Å². The second-order valence-electron chi connectivity index (χ2n) is 5.31. The fourth-order valence-corrected chi connectivity index (χ4v) is 2.66. The van der Waals surface area contributed by atoms with E-state index in [1.165, 1.54) is 5.56 Å². The molecule has 0 aromatic heterocycles. The van der Waals surface area contributed by atoms with Crippen LogP contribution < -0.4 is 4.74 Å². The van der Waals surface area contributed by atoms with Gasteiger partial charge in [-0.05, 0) is 48.9 Å². The summed E-state index contributed by atoms with van der Waals surface area (Å²) in [6.07, 6.45) is 0. The van der Waals surface area contributed by atoms with Gasteiger partial charge in [-0.1, -0.05) is 36.8 Å². The number of Topliss-reactive ketones (excluding diaryl/α,β-unsaturated/α-hetero) is 1. The van der Waals surface area contributed by atoms with Gasteiger partial charge >= 0.3 is 0 Å². The molecule has 0 bridgehead atoms. The van der Waals surface area contributed by atoms with Gasteiger partial charge in [-0.2, -0.15) is 11.8 Å². The fourth-order valence-electron chi connectivity index (χ4n) is 2.11. The Morgan fingerprint density at radius 2 is 1.82 bits per heavy atom. The Hall–Kier alpha value is -1.74. The molecular weight excluding hydrogens is 292 g/mol. The monoisotopic (exact) mass is 314 g/mol. The Morgan fingerprint density at radius 3 is 2.45 bits per heavy atom. The average molecular weight is 314 g/mol. The van der Waals surface area contributed by atoms with Gasteiger partial charge in [0.2, 0.25) is 0 Å². The Balaban J connectivity index is 2.00. The van der Waals surface area contributed by atoms with Crippen molar-refractivity contribution in [3.05, 3.63) is 64.7 Å². The Bertz CT molecular complexity index is 632. The van der Waals surface area contributed by atoms with Gasteiger partial charge in [0.05, 0.1) is 5.75 Å². The summed E-state index contributed by atoms with van der Waals surface area (Å²) in [4.78, 5) is 12.0. The van der Waals surface area contributed by atoms with Crippen molar-refractivity contribution in [1.82, 2.24) is 0 Å². The molecule has 0 saturated heterocycles. The zero-order valence-electron chi connectivity index (χ0n) is 13.4. The van der Waals surface area contributed by atoms with E-state index in [1.54, 1.807) is 11.8 Å². The number of ketones is 1. The van der Waals surface area contributed by atoms with Crippen molar-refractivity contribution in [3.63, 3.8) is 0 Å². The zero-order chi connectivity index (χ0) is 15.9. The van der Waals surface area contributed by atoms with Gasteiger partial charge in [0, 0.05) is 5.56 Å². The number of benzene rings is 2. The topological polar surface area (TPSA) is 26.3 Å². The number of ether oxygens (including phenoxy) is 1. The summed E-state index contributed by atoms with van der Waals surface area (Å²) in [5.74, 6) is 2.52. The molecule has 2 nitrogen and oxygen atoms in total. The van der Waals surface area contributed by atoms with Gasteiger partial charge in [0.15, 0.2) is 5.78 Å². The molecule has 0 aliphatic heterocycles. The van der Waals surface area contributed by atoms with Gasteiger partial charge in [-0.25, -0.2) is 0 Å². The van der Waals surface area contributed by atoms with Crippen LogP contribution in [0, 0.1) is 13.8 Å². The Kier molecular flexibility index (Phi) is 6.08. The summed E-state index contributed by atoms with van der Waals surface area (Å²) in [5, 5.41) is 0. The third kappa shape index (κ3) is 4.63. The summed E-state index contributed by atoms with van der Waals surface area (Å²) >= 11 is 1.65. The van der Waals surface area contributed by atoms with Gasteiger partial charge in [-0.3, -0.25) is 4.79 Å². The van der Waals surface area contributed by atoms with Crippen LogP contribution in [0.1, 0.15) is 34.0 Å². The summed E-state index contributed by atoms with van der Waals surface area (Å²) in [6.45, 7) is 6.65. The molecule has 0 heterocycles. The molecule has 2 rings (SSSR count). The first kappa shape index (κ1) is 16.6. The largest absolute Gasteiger partial charge is 0.489 e. The molecule has 0 spiro atoms. The van der Waals surface area contributed by atoms with Crippen molar-refractivity contribution in [2.24, 2.45) is 0 Å². The Morgan fingerprint density at radius 1 is 1.09 bits per heavy atom.